The molecule has 4 unspecified atom stereocenters. The molecule has 0 saturated carbocycles. The smallest absolute Gasteiger partial charge is 0.326 e. The summed E-state index contributed by atoms with van der Waals surface area (Å²) < 4.78 is 0. The molecule has 15 nitrogen and oxygen atoms in total. The largest absolute Gasteiger partial charge is 0.481 e. The van der Waals surface area contributed by atoms with E-state index in [4.69, 9.17) is 26.8 Å². The third-order valence-corrected chi connectivity index (χ3v) is 4.22. The quantitative estimate of drug-likeness (QED) is 0.102. The molecule has 0 aliphatic rings. The summed E-state index contributed by atoms with van der Waals surface area (Å²) in [6, 6.07) is -6.17. The number of carbonyl (C=O) groups is 7. The number of nitrogens with one attached hydrogen (secondary N) is 3. The summed E-state index contributed by atoms with van der Waals surface area (Å²) in [6.07, 6.45) is -2.35. The van der Waals surface area contributed by atoms with E-state index in [-0.39, 0.29) is 12.2 Å². The summed E-state index contributed by atoms with van der Waals surface area (Å²) >= 11 is 3.89. The first kappa shape index (κ1) is 28.6. The summed E-state index contributed by atoms with van der Waals surface area (Å²) in [5, 5.41) is 32.8. The van der Waals surface area contributed by atoms with Gasteiger partial charge in [0, 0.05) is 12.2 Å². The highest BCUT2D eigenvalue weighted by Gasteiger charge is 2.31. The van der Waals surface area contributed by atoms with Crippen molar-refractivity contribution < 1.29 is 48.9 Å². The fraction of sp³-hybridized carbons (Fsp3) is 0.562. The van der Waals surface area contributed by atoms with Crippen LogP contribution in [-0.2, 0) is 33.6 Å². The van der Waals surface area contributed by atoms with Crippen LogP contribution in [0.25, 0.3) is 0 Å². The number of carboxylic acids is 3. The number of aliphatic carboxylic acids is 3. The maximum Gasteiger partial charge on any atom is 0.326 e. The molecule has 0 heterocycles. The van der Waals surface area contributed by atoms with Gasteiger partial charge in [-0.05, 0) is 6.42 Å². The fourth-order valence-corrected chi connectivity index (χ4v) is 2.47. The minimum Gasteiger partial charge on any atom is -0.481 e. The average Bonchev–Trinajstić information content (AvgIpc) is 2.67. The van der Waals surface area contributed by atoms with Crippen LogP contribution in [0.4, 0.5) is 0 Å². The standard InChI is InChI=1S/C16H25N5O10S/c17-6(1-2-11(23)24)13(27)21-9(5-32)15(29)19-7(4-12(25)26)14(28)20-8(16(30)31)3-10(18)22/h6-9,32H,1-5,17H2,(H2,18,22)(H,19,29)(H,20,28)(H,21,27)(H,23,24)(H,25,26)(H,30,31). The topological polar surface area (TPSA) is 268 Å². The van der Waals surface area contributed by atoms with E-state index in [9.17, 15) is 33.6 Å². The molecular formula is C16H25N5O10S. The number of amides is 4. The van der Waals surface area contributed by atoms with Crippen LogP contribution in [0.15, 0.2) is 0 Å². The van der Waals surface area contributed by atoms with Gasteiger partial charge in [-0.2, -0.15) is 12.6 Å². The lowest BCUT2D eigenvalue weighted by atomic mass is 10.1. The zero-order chi connectivity index (χ0) is 25.0. The molecule has 32 heavy (non-hydrogen) atoms. The Hall–Kier alpha value is -3.40. The first-order valence-corrected chi connectivity index (χ1v) is 9.63. The Labute approximate surface area is 186 Å². The normalized spacial score (nSPS) is 14.2. The van der Waals surface area contributed by atoms with Crippen LogP contribution in [0.1, 0.15) is 25.7 Å². The second-order valence-corrected chi connectivity index (χ2v) is 6.88. The van der Waals surface area contributed by atoms with Crippen LogP contribution in [0.3, 0.4) is 0 Å². The van der Waals surface area contributed by atoms with Crippen LogP contribution in [-0.4, -0.2) is 86.8 Å². The van der Waals surface area contributed by atoms with Crippen LogP contribution in [0, 0.1) is 0 Å². The summed E-state index contributed by atoms with van der Waals surface area (Å²) in [7, 11) is 0. The minimum atomic E-state index is -1.77. The van der Waals surface area contributed by atoms with Crippen molar-refractivity contribution in [3.8, 4) is 0 Å². The maximum atomic E-state index is 12.4. The maximum absolute atomic E-state index is 12.4. The zero-order valence-electron chi connectivity index (χ0n) is 16.6. The highest BCUT2D eigenvalue weighted by atomic mass is 32.1. The van der Waals surface area contributed by atoms with E-state index >= 15 is 0 Å². The number of rotatable bonds is 15. The number of hydrogen-bond acceptors (Lipinski definition) is 9. The van der Waals surface area contributed by atoms with E-state index in [1.807, 2.05) is 5.32 Å². The molecule has 0 aromatic carbocycles. The number of hydrogen-bond donors (Lipinski definition) is 9. The van der Waals surface area contributed by atoms with Crippen molar-refractivity contribution in [2.75, 3.05) is 5.75 Å². The Balaban J connectivity index is 5.27. The van der Waals surface area contributed by atoms with Gasteiger partial charge in [-0.15, -0.1) is 0 Å². The molecule has 0 aliphatic heterocycles. The zero-order valence-corrected chi connectivity index (χ0v) is 17.5. The van der Waals surface area contributed by atoms with E-state index in [1.54, 1.807) is 0 Å². The summed E-state index contributed by atoms with van der Waals surface area (Å²) in [5.74, 6) is -8.82. The monoisotopic (exact) mass is 479 g/mol. The lowest BCUT2D eigenvalue weighted by Crippen LogP contribution is -2.58. The number of carboxylic acid groups (broad SMARTS) is 3. The Bertz CT molecular complexity index is 761. The average molecular weight is 479 g/mol. The van der Waals surface area contributed by atoms with Gasteiger partial charge in [-0.1, -0.05) is 0 Å². The van der Waals surface area contributed by atoms with Gasteiger partial charge < -0.3 is 42.7 Å². The highest BCUT2D eigenvalue weighted by Crippen LogP contribution is 2.01. The van der Waals surface area contributed by atoms with Crippen molar-refractivity contribution >= 4 is 54.2 Å². The lowest BCUT2D eigenvalue weighted by Gasteiger charge is -2.23. The molecule has 4 amide bonds. The molecular weight excluding hydrogens is 454 g/mol. The van der Waals surface area contributed by atoms with Crippen molar-refractivity contribution in [3.63, 3.8) is 0 Å². The van der Waals surface area contributed by atoms with E-state index in [0.717, 1.165) is 0 Å². The fourth-order valence-electron chi connectivity index (χ4n) is 2.21. The van der Waals surface area contributed by atoms with Gasteiger partial charge in [0.25, 0.3) is 0 Å². The molecule has 0 fully saturated rings. The summed E-state index contributed by atoms with van der Waals surface area (Å²) in [4.78, 5) is 80.4. The molecule has 0 aromatic heterocycles. The number of thiol groups is 1. The number of nitrogens with two attached hydrogens (primary N) is 2. The Morgan fingerprint density at radius 2 is 1.25 bits per heavy atom. The third-order valence-electron chi connectivity index (χ3n) is 3.85. The Kier molecular flexibility index (Phi) is 12.3. The highest BCUT2D eigenvalue weighted by molar-refractivity contribution is 7.80. The predicted octanol–water partition coefficient (Wildman–Crippen LogP) is -4.00. The SMILES string of the molecule is NC(=O)CC(NC(=O)C(CC(=O)O)NC(=O)C(CS)NC(=O)C(N)CCC(=O)O)C(=O)O. The second-order valence-electron chi connectivity index (χ2n) is 6.51. The second kappa shape index (κ2) is 13.8. The lowest BCUT2D eigenvalue weighted by molar-refractivity contribution is -0.145. The molecule has 0 radical (unpaired) electrons. The van der Waals surface area contributed by atoms with Gasteiger partial charge >= 0.3 is 17.9 Å². The van der Waals surface area contributed by atoms with E-state index in [1.165, 1.54) is 0 Å². The van der Waals surface area contributed by atoms with Crippen molar-refractivity contribution in [1.29, 1.82) is 0 Å². The van der Waals surface area contributed by atoms with Gasteiger partial charge in [0.05, 0.1) is 18.9 Å². The molecule has 0 aliphatic carbocycles. The third kappa shape index (κ3) is 11.1. The van der Waals surface area contributed by atoms with Crippen molar-refractivity contribution in [1.82, 2.24) is 16.0 Å². The Morgan fingerprint density at radius 1 is 0.750 bits per heavy atom. The predicted molar refractivity (Wildman–Crippen MR) is 108 cm³/mol. The Morgan fingerprint density at radius 3 is 1.69 bits per heavy atom. The first-order chi connectivity index (χ1) is 14.8. The summed E-state index contributed by atoms with van der Waals surface area (Å²) in [5.41, 5.74) is 10.4. The van der Waals surface area contributed by atoms with Gasteiger partial charge in [0.2, 0.25) is 23.6 Å². The van der Waals surface area contributed by atoms with Crippen LogP contribution < -0.4 is 27.4 Å². The molecule has 0 saturated heterocycles. The number of carbonyl (C=O) groups excluding carboxylic acids is 4. The van der Waals surface area contributed by atoms with Crippen LogP contribution >= 0.6 is 12.6 Å². The minimum absolute atomic E-state index is 0.220. The molecule has 10 N–H and O–H groups in total. The van der Waals surface area contributed by atoms with Gasteiger partial charge in [-0.25, -0.2) is 4.79 Å². The van der Waals surface area contributed by atoms with Gasteiger partial charge in [-0.3, -0.25) is 28.8 Å². The van der Waals surface area contributed by atoms with Gasteiger partial charge in [0.1, 0.15) is 18.1 Å². The molecule has 0 rings (SSSR count). The molecule has 4 atom stereocenters. The van der Waals surface area contributed by atoms with Crippen LogP contribution in [0.2, 0.25) is 0 Å². The molecule has 0 spiro atoms. The molecule has 16 heteroatoms. The van der Waals surface area contributed by atoms with Crippen LogP contribution in [0.5, 0.6) is 0 Å². The molecule has 0 bridgehead atoms. The first-order valence-electron chi connectivity index (χ1n) is 9.00. The summed E-state index contributed by atoms with van der Waals surface area (Å²) in [6.45, 7) is 0. The van der Waals surface area contributed by atoms with Crippen molar-refractivity contribution in [2.24, 2.45) is 11.5 Å². The molecule has 180 valence electrons. The van der Waals surface area contributed by atoms with Crippen molar-refractivity contribution in [2.45, 2.75) is 49.9 Å². The van der Waals surface area contributed by atoms with E-state index in [2.05, 4.69) is 23.3 Å². The van der Waals surface area contributed by atoms with Gasteiger partial charge in [0.15, 0.2) is 0 Å². The molecule has 0 aromatic rings. The van der Waals surface area contributed by atoms with E-state index in [0.29, 0.717) is 0 Å². The van der Waals surface area contributed by atoms with Crippen molar-refractivity contribution in [3.05, 3.63) is 0 Å². The number of primary amides is 1. The van der Waals surface area contributed by atoms with E-state index < -0.39 is 85.0 Å².